The maximum absolute atomic E-state index is 11.2. The molecule has 0 radical (unpaired) electrons. The van der Waals surface area contributed by atoms with Crippen LogP contribution in [0.2, 0.25) is 0 Å². The van der Waals surface area contributed by atoms with Gasteiger partial charge in [0.1, 0.15) is 0 Å². The number of aliphatic hydroxyl groups is 1. The van der Waals surface area contributed by atoms with Crippen molar-refractivity contribution in [2.24, 2.45) is 5.92 Å². The van der Waals surface area contributed by atoms with Gasteiger partial charge in [0.15, 0.2) is 0 Å². The lowest BCUT2D eigenvalue weighted by Crippen LogP contribution is -2.48. The third-order valence-corrected chi connectivity index (χ3v) is 4.35. The smallest absolute Gasteiger partial charge is 0.0955 e. The maximum atomic E-state index is 11.2. The van der Waals surface area contributed by atoms with Crippen LogP contribution in [0.1, 0.15) is 25.3 Å². The maximum Gasteiger partial charge on any atom is 0.0955 e. The predicted molar refractivity (Wildman–Crippen MR) is 76.9 cm³/mol. The van der Waals surface area contributed by atoms with Crippen molar-refractivity contribution in [2.45, 2.75) is 25.4 Å². The number of pyridine rings is 1. The van der Waals surface area contributed by atoms with Crippen LogP contribution in [0.4, 0.5) is 0 Å². The van der Waals surface area contributed by atoms with Crippen molar-refractivity contribution in [1.29, 1.82) is 0 Å². The van der Waals surface area contributed by atoms with Crippen molar-refractivity contribution in [2.75, 3.05) is 13.1 Å². The van der Waals surface area contributed by atoms with Gasteiger partial charge >= 0.3 is 0 Å². The molecule has 3 heteroatoms. The molecule has 0 aliphatic carbocycles. The summed E-state index contributed by atoms with van der Waals surface area (Å²) in [6.45, 7) is 3.89. The van der Waals surface area contributed by atoms with Gasteiger partial charge in [-0.1, -0.05) is 25.1 Å². The third kappa shape index (κ3) is 2.03. The first-order valence-electron chi connectivity index (χ1n) is 7.03. The van der Waals surface area contributed by atoms with Gasteiger partial charge in [0.05, 0.1) is 11.1 Å². The highest BCUT2D eigenvalue weighted by molar-refractivity contribution is 5.83. The quantitative estimate of drug-likeness (QED) is 0.867. The van der Waals surface area contributed by atoms with Crippen LogP contribution in [-0.2, 0) is 5.60 Å². The monoisotopic (exact) mass is 256 g/mol. The molecule has 0 spiro atoms. The van der Waals surface area contributed by atoms with Crippen molar-refractivity contribution < 1.29 is 5.11 Å². The molecule has 1 aromatic heterocycles. The van der Waals surface area contributed by atoms with Crippen LogP contribution in [-0.4, -0.2) is 23.2 Å². The van der Waals surface area contributed by atoms with Gasteiger partial charge in [0, 0.05) is 24.0 Å². The number of hydrogen-bond acceptors (Lipinski definition) is 3. The van der Waals surface area contributed by atoms with Gasteiger partial charge in [0.25, 0.3) is 0 Å². The topological polar surface area (TPSA) is 45.1 Å². The minimum Gasteiger partial charge on any atom is -0.385 e. The number of aromatic nitrogens is 1. The van der Waals surface area contributed by atoms with E-state index in [9.17, 15) is 5.11 Å². The molecular formula is C16H20N2O. The number of nitrogens with zero attached hydrogens (tertiary/aromatic N) is 1. The fraction of sp³-hybridized carbons (Fsp3) is 0.438. The molecule has 1 saturated heterocycles. The molecule has 100 valence electrons. The summed E-state index contributed by atoms with van der Waals surface area (Å²) in [4.78, 5) is 4.39. The summed E-state index contributed by atoms with van der Waals surface area (Å²) in [5.41, 5.74) is 1.26. The van der Waals surface area contributed by atoms with E-state index < -0.39 is 5.60 Å². The van der Waals surface area contributed by atoms with Crippen LogP contribution >= 0.6 is 0 Å². The van der Waals surface area contributed by atoms with Crippen molar-refractivity contribution in [3.8, 4) is 0 Å². The zero-order valence-corrected chi connectivity index (χ0v) is 11.3. The van der Waals surface area contributed by atoms with E-state index in [0.29, 0.717) is 0 Å². The lowest BCUT2D eigenvalue weighted by molar-refractivity contribution is -0.0466. The van der Waals surface area contributed by atoms with Gasteiger partial charge in [-0.2, -0.15) is 0 Å². The second-order valence-electron chi connectivity index (χ2n) is 5.36. The number of benzene rings is 1. The van der Waals surface area contributed by atoms with Crippen molar-refractivity contribution in [1.82, 2.24) is 10.3 Å². The third-order valence-electron chi connectivity index (χ3n) is 4.35. The SMILES string of the molecule is CCC1CNCCC1(O)c1cccc2ncccc12. The summed E-state index contributed by atoms with van der Waals surface area (Å²) >= 11 is 0. The molecule has 1 aliphatic heterocycles. The first-order valence-corrected chi connectivity index (χ1v) is 7.03. The Bertz CT molecular complexity index is 578. The summed E-state index contributed by atoms with van der Waals surface area (Å²) < 4.78 is 0. The molecule has 2 aromatic rings. The second kappa shape index (κ2) is 4.91. The van der Waals surface area contributed by atoms with Crippen molar-refractivity contribution in [3.63, 3.8) is 0 Å². The minimum absolute atomic E-state index is 0.257. The Morgan fingerprint density at radius 3 is 3.11 bits per heavy atom. The highest BCUT2D eigenvalue weighted by atomic mass is 16.3. The van der Waals surface area contributed by atoms with E-state index in [0.717, 1.165) is 42.4 Å². The van der Waals surface area contributed by atoms with Crippen molar-refractivity contribution >= 4 is 10.9 Å². The number of fused-ring (bicyclic) bond motifs is 1. The van der Waals surface area contributed by atoms with E-state index in [4.69, 9.17) is 0 Å². The summed E-state index contributed by atoms with van der Waals surface area (Å²) in [5.74, 6) is 0.257. The fourth-order valence-corrected chi connectivity index (χ4v) is 3.25. The van der Waals surface area contributed by atoms with E-state index in [1.165, 1.54) is 0 Å². The van der Waals surface area contributed by atoms with E-state index in [2.05, 4.69) is 29.4 Å². The fourth-order valence-electron chi connectivity index (χ4n) is 3.25. The molecule has 0 saturated carbocycles. The van der Waals surface area contributed by atoms with E-state index >= 15 is 0 Å². The molecule has 19 heavy (non-hydrogen) atoms. The number of nitrogens with one attached hydrogen (secondary N) is 1. The van der Waals surface area contributed by atoms with Gasteiger partial charge in [-0.25, -0.2) is 0 Å². The predicted octanol–water partition coefficient (Wildman–Crippen LogP) is 2.44. The number of hydrogen-bond donors (Lipinski definition) is 2. The Labute approximate surface area is 113 Å². The van der Waals surface area contributed by atoms with Crippen LogP contribution in [0.15, 0.2) is 36.5 Å². The van der Waals surface area contributed by atoms with E-state index in [1.807, 2.05) is 18.2 Å². The van der Waals surface area contributed by atoms with Crippen LogP contribution in [0.5, 0.6) is 0 Å². The summed E-state index contributed by atoms with van der Waals surface area (Å²) in [7, 11) is 0. The summed E-state index contributed by atoms with van der Waals surface area (Å²) in [6, 6.07) is 10.1. The van der Waals surface area contributed by atoms with E-state index in [-0.39, 0.29) is 5.92 Å². The molecule has 3 nitrogen and oxygen atoms in total. The van der Waals surface area contributed by atoms with Crippen LogP contribution < -0.4 is 5.32 Å². The second-order valence-corrected chi connectivity index (χ2v) is 5.36. The zero-order chi connectivity index (χ0) is 13.3. The molecule has 0 amide bonds. The highest BCUT2D eigenvalue weighted by Crippen LogP contribution is 2.39. The minimum atomic E-state index is -0.734. The first kappa shape index (κ1) is 12.6. The van der Waals surface area contributed by atoms with Gasteiger partial charge in [-0.05, 0) is 37.1 Å². The Kier molecular flexibility index (Phi) is 3.25. The van der Waals surface area contributed by atoms with Crippen molar-refractivity contribution in [3.05, 3.63) is 42.1 Å². The average molecular weight is 256 g/mol. The Morgan fingerprint density at radius 1 is 1.37 bits per heavy atom. The number of piperidine rings is 1. The molecule has 2 atom stereocenters. The molecule has 1 fully saturated rings. The summed E-state index contributed by atoms with van der Waals surface area (Å²) in [6.07, 6.45) is 3.54. The van der Waals surface area contributed by atoms with Crippen LogP contribution in [0.3, 0.4) is 0 Å². The summed E-state index contributed by atoms with van der Waals surface area (Å²) in [5, 5.41) is 15.7. The zero-order valence-electron chi connectivity index (χ0n) is 11.3. The standard InChI is InChI=1S/C16H20N2O/c1-2-12-11-17-10-8-16(12,19)14-6-3-7-15-13(14)5-4-9-18-15/h3-7,9,12,17,19H,2,8,10-11H2,1H3. The lowest BCUT2D eigenvalue weighted by atomic mass is 9.74. The molecular weight excluding hydrogens is 236 g/mol. The van der Waals surface area contributed by atoms with Gasteiger partial charge in [0.2, 0.25) is 0 Å². The van der Waals surface area contributed by atoms with Gasteiger partial charge < -0.3 is 10.4 Å². The van der Waals surface area contributed by atoms with Crippen LogP contribution in [0.25, 0.3) is 10.9 Å². The normalized spacial score (nSPS) is 27.6. The largest absolute Gasteiger partial charge is 0.385 e. The van der Waals surface area contributed by atoms with E-state index in [1.54, 1.807) is 6.20 Å². The van der Waals surface area contributed by atoms with Crippen LogP contribution in [0, 0.1) is 5.92 Å². The molecule has 2 unspecified atom stereocenters. The Morgan fingerprint density at radius 2 is 2.26 bits per heavy atom. The average Bonchev–Trinajstić information content (AvgIpc) is 2.47. The molecule has 2 N–H and O–H groups in total. The lowest BCUT2D eigenvalue weighted by Gasteiger charge is -2.41. The Balaban J connectivity index is 2.16. The molecule has 1 aromatic carbocycles. The number of rotatable bonds is 2. The Hall–Kier alpha value is -1.45. The molecule has 3 rings (SSSR count). The molecule has 0 bridgehead atoms. The molecule has 2 heterocycles. The first-order chi connectivity index (χ1) is 9.25. The van der Waals surface area contributed by atoms with Gasteiger partial charge in [-0.15, -0.1) is 0 Å². The van der Waals surface area contributed by atoms with Gasteiger partial charge in [-0.3, -0.25) is 4.98 Å². The highest BCUT2D eigenvalue weighted by Gasteiger charge is 2.40. The molecule has 1 aliphatic rings.